The van der Waals surface area contributed by atoms with Crippen LogP contribution < -0.4 is 11.1 Å². The van der Waals surface area contributed by atoms with Crippen molar-refractivity contribution in [1.29, 1.82) is 0 Å². The van der Waals surface area contributed by atoms with Gasteiger partial charge in [0.25, 0.3) is 0 Å². The van der Waals surface area contributed by atoms with Gasteiger partial charge in [0, 0.05) is 37.2 Å². The molecule has 2 aliphatic rings. The highest BCUT2D eigenvalue weighted by molar-refractivity contribution is 7.89. The molecule has 27 heavy (non-hydrogen) atoms. The van der Waals surface area contributed by atoms with Crippen LogP contribution in [0.1, 0.15) is 43.0 Å². The summed E-state index contributed by atoms with van der Waals surface area (Å²) in [7, 11) is -3.61. The Hall–Kier alpha value is -1.77. The minimum absolute atomic E-state index is 0.0207. The number of hydrogen-bond acceptors (Lipinski definition) is 5. The average Bonchev–Trinajstić information content (AvgIpc) is 3.51. The Morgan fingerprint density at radius 3 is 2.26 bits per heavy atom. The number of nitrogens with zero attached hydrogens (tertiary/aromatic N) is 1. The molecular formula is C19H27N3O4S. The van der Waals surface area contributed by atoms with Gasteiger partial charge in [0.1, 0.15) is 0 Å². The van der Waals surface area contributed by atoms with E-state index in [1.165, 1.54) is 35.5 Å². The number of ketones is 1. The molecule has 0 spiro atoms. The first-order chi connectivity index (χ1) is 12.8. The Morgan fingerprint density at radius 2 is 1.74 bits per heavy atom. The van der Waals surface area contributed by atoms with Gasteiger partial charge in [-0.2, -0.15) is 4.31 Å². The number of hydrogen-bond donors (Lipinski definition) is 2. The third kappa shape index (κ3) is 4.75. The van der Waals surface area contributed by atoms with Crippen molar-refractivity contribution in [1.82, 2.24) is 9.62 Å². The van der Waals surface area contributed by atoms with Gasteiger partial charge in [-0.25, -0.2) is 8.42 Å². The van der Waals surface area contributed by atoms with Crippen LogP contribution in [0.2, 0.25) is 0 Å². The van der Waals surface area contributed by atoms with Crippen LogP contribution in [0.15, 0.2) is 29.2 Å². The van der Waals surface area contributed by atoms with E-state index in [0.717, 1.165) is 12.8 Å². The fourth-order valence-electron chi connectivity index (χ4n) is 3.42. The lowest BCUT2D eigenvalue weighted by molar-refractivity contribution is -0.126. The van der Waals surface area contributed by atoms with Gasteiger partial charge < -0.3 is 11.1 Å². The molecule has 2 fully saturated rings. The number of amides is 1. The minimum Gasteiger partial charge on any atom is -0.354 e. The van der Waals surface area contributed by atoms with E-state index < -0.39 is 10.0 Å². The lowest BCUT2D eigenvalue weighted by Gasteiger charge is -2.30. The van der Waals surface area contributed by atoms with Crippen molar-refractivity contribution in [3.05, 3.63) is 29.8 Å². The van der Waals surface area contributed by atoms with Crippen molar-refractivity contribution in [2.45, 2.75) is 43.5 Å². The van der Waals surface area contributed by atoms with Crippen LogP contribution in [0.4, 0.5) is 0 Å². The number of piperidine rings is 1. The molecule has 1 amide bonds. The second kappa shape index (κ2) is 8.08. The van der Waals surface area contributed by atoms with Crippen molar-refractivity contribution in [2.75, 3.05) is 19.6 Å². The van der Waals surface area contributed by atoms with Gasteiger partial charge in [-0.1, -0.05) is 12.1 Å². The summed E-state index contributed by atoms with van der Waals surface area (Å²) in [6.45, 7) is 2.55. The summed E-state index contributed by atoms with van der Waals surface area (Å²) in [6.07, 6.45) is 3.27. The van der Waals surface area contributed by atoms with E-state index in [1.807, 2.05) is 0 Å². The molecule has 0 radical (unpaired) electrons. The number of carbonyl (C=O) groups excluding carboxylic acids is 2. The van der Waals surface area contributed by atoms with E-state index in [4.69, 9.17) is 5.73 Å². The Bertz CT molecular complexity index is 795. The zero-order valence-electron chi connectivity index (χ0n) is 15.6. The molecule has 1 aliphatic heterocycles. The lowest BCUT2D eigenvalue weighted by Crippen LogP contribution is -2.45. The van der Waals surface area contributed by atoms with Crippen LogP contribution in [0.25, 0.3) is 0 Å². The van der Waals surface area contributed by atoms with Crippen molar-refractivity contribution in [3.63, 3.8) is 0 Å². The molecule has 1 saturated carbocycles. The average molecular weight is 394 g/mol. The zero-order valence-corrected chi connectivity index (χ0v) is 16.4. The molecule has 1 aromatic carbocycles. The topological polar surface area (TPSA) is 110 Å². The summed E-state index contributed by atoms with van der Waals surface area (Å²) >= 11 is 0. The van der Waals surface area contributed by atoms with E-state index >= 15 is 0 Å². The van der Waals surface area contributed by atoms with Gasteiger partial charge in [0.15, 0.2) is 5.78 Å². The monoisotopic (exact) mass is 393 g/mol. The molecule has 148 valence electrons. The third-order valence-corrected chi connectivity index (χ3v) is 7.38. The van der Waals surface area contributed by atoms with Gasteiger partial charge in [-0.05, 0) is 50.7 Å². The smallest absolute Gasteiger partial charge is 0.243 e. The van der Waals surface area contributed by atoms with Gasteiger partial charge in [0.2, 0.25) is 15.9 Å². The number of sulfonamides is 1. The highest BCUT2D eigenvalue weighted by Crippen LogP contribution is 2.31. The summed E-state index contributed by atoms with van der Waals surface area (Å²) in [5.74, 6) is 0.218. The van der Waals surface area contributed by atoms with Crippen molar-refractivity contribution < 1.29 is 18.0 Å². The van der Waals surface area contributed by atoms with Crippen molar-refractivity contribution >= 4 is 21.7 Å². The van der Waals surface area contributed by atoms with Crippen molar-refractivity contribution in [3.8, 4) is 0 Å². The number of Topliss-reactive ketones (excluding diaryl/α,β-unsaturated/α-hetero) is 1. The van der Waals surface area contributed by atoms with E-state index in [9.17, 15) is 18.0 Å². The first-order valence-electron chi connectivity index (χ1n) is 9.43. The van der Waals surface area contributed by atoms with Crippen LogP contribution in [0.3, 0.4) is 0 Å². The molecule has 1 aliphatic carbocycles. The number of nitrogens with one attached hydrogen (secondary N) is 1. The Labute approximate surface area is 160 Å². The summed E-state index contributed by atoms with van der Waals surface area (Å²) in [4.78, 5) is 23.8. The Kier molecular flexibility index (Phi) is 5.98. The molecule has 1 heterocycles. The number of nitrogens with two attached hydrogens (primary N) is 1. The molecule has 0 aromatic heterocycles. The quantitative estimate of drug-likeness (QED) is 0.675. The van der Waals surface area contributed by atoms with Gasteiger partial charge in [-0.15, -0.1) is 0 Å². The van der Waals surface area contributed by atoms with Gasteiger partial charge in [-0.3, -0.25) is 9.59 Å². The fraction of sp³-hybridized carbons (Fsp3) is 0.579. The van der Waals surface area contributed by atoms with E-state index in [-0.39, 0.29) is 28.5 Å². The highest BCUT2D eigenvalue weighted by Gasteiger charge is 2.33. The van der Waals surface area contributed by atoms with Crippen LogP contribution in [-0.2, 0) is 14.8 Å². The third-order valence-electron chi connectivity index (χ3n) is 5.46. The molecular weight excluding hydrogens is 366 g/mol. The number of carbonyl (C=O) groups is 2. The standard InChI is InChI=1S/C19H27N3O4S/c1-13(23)14-4-6-17(7-5-14)27(25,26)22-10-8-16(9-11-22)19(24)21-12-18(20)15-2-3-15/h4-7,15-16,18H,2-3,8-12,20H2,1H3,(H,21,24). The first kappa shape index (κ1) is 20.0. The maximum atomic E-state index is 12.8. The van der Waals surface area contributed by atoms with Gasteiger partial charge in [0.05, 0.1) is 4.90 Å². The van der Waals surface area contributed by atoms with Crippen LogP contribution >= 0.6 is 0 Å². The molecule has 8 heteroatoms. The molecule has 1 saturated heterocycles. The second-order valence-electron chi connectivity index (χ2n) is 7.51. The molecule has 1 atom stereocenters. The molecule has 0 bridgehead atoms. The van der Waals surface area contributed by atoms with Crippen LogP contribution in [0.5, 0.6) is 0 Å². The normalized spacial score (nSPS) is 20.2. The first-order valence-corrected chi connectivity index (χ1v) is 10.9. The summed E-state index contributed by atoms with van der Waals surface area (Å²) in [5, 5.41) is 2.91. The Morgan fingerprint density at radius 1 is 1.15 bits per heavy atom. The predicted molar refractivity (Wildman–Crippen MR) is 102 cm³/mol. The summed E-state index contributed by atoms with van der Waals surface area (Å²) in [5.41, 5.74) is 6.49. The summed E-state index contributed by atoms with van der Waals surface area (Å²) < 4.78 is 26.9. The van der Waals surface area contributed by atoms with Crippen LogP contribution in [0, 0.1) is 11.8 Å². The zero-order chi connectivity index (χ0) is 19.6. The van der Waals surface area contributed by atoms with E-state index in [0.29, 0.717) is 44.0 Å². The largest absolute Gasteiger partial charge is 0.354 e. The minimum atomic E-state index is -3.61. The summed E-state index contributed by atoms with van der Waals surface area (Å²) in [6, 6.07) is 6.00. The maximum absolute atomic E-state index is 12.8. The maximum Gasteiger partial charge on any atom is 0.243 e. The van der Waals surface area contributed by atoms with E-state index in [2.05, 4.69) is 5.32 Å². The molecule has 1 unspecified atom stereocenters. The number of rotatable bonds is 7. The Balaban J connectivity index is 1.54. The lowest BCUT2D eigenvalue weighted by atomic mass is 9.97. The van der Waals surface area contributed by atoms with Crippen LogP contribution in [-0.4, -0.2) is 50.1 Å². The SMILES string of the molecule is CC(=O)c1ccc(S(=O)(=O)N2CCC(C(=O)NCC(N)C3CC3)CC2)cc1. The highest BCUT2D eigenvalue weighted by atomic mass is 32.2. The molecule has 3 N–H and O–H groups in total. The van der Waals surface area contributed by atoms with E-state index in [1.54, 1.807) is 0 Å². The second-order valence-corrected chi connectivity index (χ2v) is 9.44. The molecule has 1 aromatic rings. The molecule has 7 nitrogen and oxygen atoms in total. The number of benzene rings is 1. The predicted octanol–water partition coefficient (Wildman–Crippen LogP) is 1.14. The van der Waals surface area contributed by atoms with Crippen molar-refractivity contribution in [2.24, 2.45) is 17.6 Å². The van der Waals surface area contributed by atoms with Gasteiger partial charge >= 0.3 is 0 Å². The molecule has 3 rings (SSSR count). The fourth-order valence-corrected chi connectivity index (χ4v) is 4.89.